The van der Waals surface area contributed by atoms with Crippen LogP contribution >= 0.6 is 15.9 Å². The molecule has 0 unspecified atom stereocenters. The zero-order valence-corrected chi connectivity index (χ0v) is 13.5. The number of fused-ring (bicyclic) bond motifs is 1. The third-order valence-electron chi connectivity index (χ3n) is 3.35. The molecule has 21 heavy (non-hydrogen) atoms. The Balaban J connectivity index is 2.13. The molecule has 106 valence electrons. The van der Waals surface area contributed by atoms with E-state index in [0.717, 1.165) is 38.1 Å². The normalized spacial score (nSPS) is 10.8. The van der Waals surface area contributed by atoms with Crippen molar-refractivity contribution in [2.24, 2.45) is 0 Å². The number of nitrogens with one attached hydrogen (secondary N) is 1. The monoisotopic (exact) mass is 341 g/mol. The van der Waals surface area contributed by atoms with Crippen molar-refractivity contribution in [2.75, 3.05) is 11.1 Å². The molecular formula is C17H16BrN3. The fraction of sp³-hybridized carbons (Fsp3) is 0.118. The van der Waals surface area contributed by atoms with E-state index < -0.39 is 0 Å². The second kappa shape index (κ2) is 5.37. The minimum Gasteiger partial charge on any atom is -0.399 e. The molecule has 1 aromatic heterocycles. The van der Waals surface area contributed by atoms with Gasteiger partial charge in [0.25, 0.3) is 0 Å². The maximum Gasteiger partial charge on any atom is 0.0727 e. The number of hydrogen-bond donors (Lipinski definition) is 2. The third kappa shape index (κ3) is 2.85. The van der Waals surface area contributed by atoms with Crippen molar-refractivity contribution in [2.45, 2.75) is 13.8 Å². The van der Waals surface area contributed by atoms with Crippen LogP contribution < -0.4 is 11.1 Å². The van der Waals surface area contributed by atoms with Crippen LogP contribution in [0.25, 0.3) is 10.9 Å². The van der Waals surface area contributed by atoms with E-state index >= 15 is 0 Å². The van der Waals surface area contributed by atoms with Gasteiger partial charge in [-0.05, 0) is 71.7 Å². The SMILES string of the molecule is Cc1ccc(Nc2cc(C)nc3ccc(N)cc23)c(Br)c1. The first-order valence-corrected chi connectivity index (χ1v) is 7.52. The molecule has 0 saturated heterocycles. The maximum atomic E-state index is 5.91. The van der Waals surface area contributed by atoms with Crippen LogP contribution in [-0.4, -0.2) is 4.98 Å². The summed E-state index contributed by atoms with van der Waals surface area (Å²) in [7, 11) is 0. The molecule has 0 aliphatic rings. The fourth-order valence-electron chi connectivity index (χ4n) is 2.35. The molecule has 3 aromatic rings. The highest BCUT2D eigenvalue weighted by atomic mass is 79.9. The lowest BCUT2D eigenvalue weighted by Gasteiger charge is -2.13. The van der Waals surface area contributed by atoms with Crippen LogP contribution in [0, 0.1) is 13.8 Å². The number of hydrogen-bond acceptors (Lipinski definition) is 3. The van der Waals surface area contributed by atoms with Crippen molar-refractivity contribution in [1.82, 2.24) is 4.98 Å². The van der Waals surface area contributed by atoms with Gasteiger partial charge in [-0.15, -0.1) is 0 Å². The summed E-state index contributed by atoms with van der Waals surface area (Å²) in [6, 6.07) is 14.0. The van der Waals surface area contributed by atoms with Gasteiger partial charge < -0.3 is 11.1 Å². The van der Waals surface area contributed by atoms with Gasteiger partial charge in [-0.2, -0.15) is 0 Å². The second-order valence-electron chi connectivity index (χ2n) is 5.20. The van der Waals surface area contributed by atoms with Gasteiger partial charge in [0.2, 0.25) is 0 Å². The van der Waals surface area contributed by atoms with Gasteiger partial charge in [0.05, 0.1) is 11.2 Å². The Morgan fingerprint density at radius 2 is 1.81 bits per heavy atom. The lowest BCUT2D eigenvalue weighted by Crippen LogP contribution is -1.96. The van der Waals surface area contributed by atoms with Crippen molar-refractivity contribution in [3.63, 3.8) is 0 Å². The van der Waals surface area contributed by atoms with Gasteiger partial charge >= 0.3 is 0 Å². The number of nitrogens with two attached hydrogens (primary N) is 1. The van der Waals surface area contributed by atoms with Crippen LogP contribution in [0.3, 0.4) is 0 Å². The number of aromatic nitrogens is 1. The molecule has 0 spiro atoms. The summed E-state index contributed by atoms with van der Waals surface area (Å²) in [5, 5.41) is 4.49. The molecule has 0 fully saturated rings. The quantitative estimate of drug-likeness (QED) is 0.649. The molecule has 0 aliphatic heterocycles. The van der Waals surface area contributed by atoms with E-state index in [1.54, 1.807) is 0 Å². The Hall–Kier alpha value is -2.07. The number of anilines is 3. The van der Waals surface area contributed by atoms with Gasteiger partial charge in [-0.3, -0.25) is 4.98 Å². The van der Waals surface area contributed by atoms with Crippen LogP contribution in [-0.2, 0) is 0 Å². The summed E-state index contributed by atoms with van der Waals surface area (Å²) >= 11 is 3.60. The minimum atomic E-state index is 0.735. The Morgan fingerprint density at radius 3 is 2.57 bits per heavy atom. The van der Waals surface area contributed by atoms with E-state index in [1.807, 2.05) is 31.2 Å². The molecule has 0 saturated carbocycles. The number of pyridine rings is 1. The maximum absolute atomic E-state index is 5.91. The van der Waals surface area contributed by atoms with Gasteiger partial charge in [0, 0.05) is 26.9 Å². The Kier molecular flexibility index (Phi) is 3.55. The van der Waals surface area contributed by atoms with Crippen molar-refractivity contribution >= 4 is 43.9 Å². The van der Waals surface area contributed by atoms with Crippen LogP contribution in [0.5, 0.6) is 0 Å². The predicted molar refractivity (Wildman–Crippen MR) is 93.1 cm³/mol. The van der Waals surface area contributed by atoms with Gasteiger partial charge in [-0.1, -0.05) is 6.07 Å². The average molecular weight is 342 g/mol. The summed E-state index contributed by atoms with van der Waals surface area (Å²) in [5.74, 6) is 0. The van der Waals surface area contributed by atoms with Crippen molar-refractivity contribution < 1.29 is 0 Å². The number of rotatable bonds is 2. The van der Waals surface area contributed by atoms with Crippen molar-refractivity contribution in [1.29, 1.82) is 0 Å². The average Bonchev–Trinajstić information content (AvgIpc) is 2.42. The number of aryl methyl sites for hydroxylation is 2. The van der Waals surface area contributed by atoms with E-state index in [2.05, 4.69) is 51.4 Å². The largest absolute Gasteiger partial charge is 0.399 e. The highest BCUT2D eigenvalue weighted by Gasteiger charge is 2.07. The summed E-state index contributed by atoms with van der Waals surface area (Å²) in [5.41, 5.74) is 11.8. The lowest BCUT2D eigenvalue weighted by molar-refractivity contribution is 1.25. The topological polar surface area (TPSA) is 50.9 Å². The number of benzene rings is 2. The first kappa shape index (κ1) is 13.9. The second-order valence-corrected chi connectivity index (χ2v) is 6.05. The molecule has 2 aromatic carbocycles. The molecule has 1 heterocycles. The smallest absolute Gasteiger partial charge is 0.0727 e. The predicted octanol–water partition coefficient (Wildman–Crippen LogP) is 4.94. The zero-order valence-electron chi connectivity index (χ0n) is 11.9. The number of nitrogen functional groups attached to an aromatic ring is 1. The minimum absolute atomic E-state index is 0.735. The molecule has 0 amide bonds. The molecule has 0 bridgehead atoms. The van der Waals surface area contributed by atoms with Crippen LogP contribution in [0.4, 0.5) is 17.1 Å². The van der Waals surface area contributed by atoms with Crippen molar-refractivity contribution in [3.05, 3.63) is 58.2 Å². The molecule has 4 heteroatoms. The molecule has 3 N–H and O–H groups in total. The summed E-state index contributed by atoms with van der Waals surface area (Å²) < 4.78 is 1.04. The van der Waals surface area contributed by atoms with Crippen molar-refractivity contribution in [3.8, 4) is 0 Å². The highest BCUT2D eigenvalue weighted by Crippen LogP contribution is 2.31. The zero-order chi connectivity index (χ0) is 15.0. The van der Waals surface area contributed by atoms with E-state index in [-0.39, 0.29) is 0 Å². The van der Waals surface area contributed by atoms with E-state index in [4.69, 9.17) is 5.73 Å². The Morgan fingerprint density at radius 1 is 1.00 bits per heavy atom. The molecule has 0 atom stereocenters. The number of nitrogens with zero attached hydrogens (tertiary/aromatic N) is 1. The molecule has 3 nitrogen and oxygen atoms in total. The van der Waals surface area contributed by atoms with Gasteiger partial charge in [0.15, 0.2) is 0 Å². The first-order chi connectivity index (χ1) is 10.0. The molecule has 0 radical (unpaired) electrons. The van der Waals surface area contributed by atoms with Crippen LogP contribution in [0.1, 0.15) is 11.3 Å². The summed E-state index contributed by atoms with van der Waals surface area (Å²) in [6.45, 7) is 4.06. The highest BCUT2D eigenvalue weighted by molar-refractivity contribution is 9.10. The van der Waals surface area contributed by atoms with Crippen LogP contribution in [0.15, 0.2) is 46.9 Å². The first-order valence-electron chi connectivity index (χ1n) is 6.73. The van der Waals surface area contributed by atoms with E-state index in [0.29, 0.717) is 0 Å². The lowest BCUT2D eigenvalue weighted by atomic mass is 10.1. The Labute approximate surface area is 132 Å². The van der Waals surface area contributed by atoms with E-state index in [9.17, 15) is 0 Å². The summed E-state index contributed by atoms with van der Waals surface area (Å²) in [4.78, 5) is 4.55. The third-order valence-corrected chi connectivity index (χ3v) is 4.01. The molecule has 0 aliphatic carbocycles. The number of halogens is 1. The molecule has 3 rings (SSSR count). The van der Waals surface area contributed by atoms with Gasteiger partial charge in [-0.25, -0.2) is 0 Å². The standard InChI is InChI=1S/C17H16BrN3/c1-10-3-5-16(14(18)7-10)21-17-8-11(2)20-15-6-4-12(19)9-13(15)17/h3-9H,19H2,1-2H3,(H,20,21). The molecular weight excluding hydrogens is 326 g/mol. The Bertz CT molecular complexity index is 828. The van der Waals surface area contributed by atoms with E-state index in [1.165, 1.54) is 5.56 Å². The van der Waals surface area contributed by atoms with Crippen LogP contribution in [0.2, 0.25) is 0 Å². The summed E-state index contributed by atoms with van der Waals surface area (Å²) in [6.07, 6.45) is 0. The van der Waals surface area contributed by atoms with Gasteiger partial charge in [0.1, 0.15) is 0 Å². The fourth-order valence-corrected chi connectivity index (χ4v) is 2.94.